The monoisotopic (exact) mass is 310 g/mol. The third kappa shape index (κ3) is 3.29. The van der Waals surface area contributed by atoms with E-state index in [1.165, 1.54) is 0 Å². The molecule has 0 bridgehead atoms. The van der Waals surface area contributed by atoms with E-state index < -0.39 is 5.56 Å². The van der Waals surface area contributed by atoms with Crippen LogP contribution in [0, 0.1) is 25.2 Å². The minimum absolute atomic E-state index is 0.0518. The molecule has 118 valence electrons. The lowest BCUT2D eigenvalue weighted by Crippen LogP contribution is -2.21. The van der Waals surface area contributed by atoms with E-state index in [2.05, 4.69) is 10.2 Å². The van der Waals surface area contributed by atoms with Crippen molar-refractivity contribution in [3.8, 4) is 11.9 Å². The van der Waals surface area contributed by atoms with Crippen molar-refractivity contribution in [2.75, 3.05) is 0 Å². The van der Waals surface area contributed by atoms with Gasteiger partial charge in [0.15, 0.2) is 5.69 Å². The van der Waals surface area contributed by atoms with Crippen molar-refractivity contribution in [1.29, 1.82) is 5.26 Å². The van der Waals surface area contributed by atoms with Crippen LogP contribution < -0.4 is 5.56 Å². The Morgan fingerprint density at radius 3 is 2.43 bits per heavy atom. The first kappa shape index (κ1) is 16.4. The third-order valence-corrected chi connectivity index (χ3v) is 3.52. The number of pyridine rings is 1. The molecule has 1 heterocycles. The van der Waals surface area contributed by atoms with Crippen LogP contribution in [-0.2, 0) is 6.54 Å². The van der Waals surface area contributed by atoms with Crippen LogP contribution in [0.1, 0.15) is 30.0 Å². The number of hydrogen-bond donors (Lipinski definition) is 1. The molecule has 0 amide bonds. The standard InChI is InChI=1S/C17H18N4O2/c1-4-9-21-16(22)14(10-18)12(3)15(17(21)23)20-19-13-7-5-11(2)6-8-13/h5-8,22H,4,9H2,1-3H3. The Kier molecular flexibility index (Phi) is 4.91. The average Bonchev–Trinajstić information content (AvgIpc) is 2.53. The van der Waals surface area contributed by atoms with Gasteiger partial charge in [-0.1, -0.05) is 24.6 Å². The fraction of sp³-hybridized carbons (Fsp3) is 0.294. The van der Waals surface area contributed by atoms with Crippen molar-refractivity contribution < 1.29 is 5.11 Å². The molecule has 6 heteroatoms. The molecule has 0 aliphatic carbocycles. The highest BCUT2D eigenvalue weighted by Crippen LogP contribution is 2.27. The first-order valence-electron chi connectivity index (χ1n) is 7.34. The maximum Gasteiger partial charge on any atom is 0.281 e. The topological polar surface area (TPSA) is 90.7 Å². The fourth-order valence-electron chi connectivity index (χ4n) is 2.21. The van der Waals surface area contributed by atoms with Gasteiger partial charge in [0.2, 0.25) is 5.88 Å². The molecular formula is C17H18N4O2. The summed E-state index contributed by atoms with van der Waals surface area (Å²) in [5.74, 6) is -0.314. The summed E-state index contributed by atoms with van der Waals surface area (Å²) < 4.78 is 1.16. The van der Waals surface area contributed by atoms with Gasteiger partial charge in [0.1, 0.15) is 11.6 Å². The van der Waals surface area contributed by atoms with Crippen LogP contribution in [0.5, 0.6) is 5.88 Å². The van der Waals surface area contributed by atoms with E-state index in [0.717, 1.165) is 10.1 Å². The Morgan fingerprint density at radius 1 is 1.22 bits per heavy atom. The molecule has 1 N–H and O–H groups in total. The van der Waals surface area contributed by atoms with Crippen molar-refractivity contribution >= 4 is 11.4 Å². The Labute approximate surface area is 134 Å². The van der Waals surface area contributed by atoms with E-state index >= 15 is 0 Å². The molecule has 0 spiro atoms. The molecule has 0 radical (unpaired) electrons. The smallest absolute Gasteiger partial charge is 0.281 e. The van der Waals surface area contributed by atoms with Crippen LogP contribution in [0.25, 0.3) is 0 Å². The predicted molar refractivity (Wildman–Crippen MR) is 87.5 cm³/mol. The number of benzene rings is 1. The molecule has 2 rings (SSSR count). The number of rotatable bonds is 4. The van der Waals surface area contributed by atoms with Gasteiger partial charge >= 0.3 is 0 Å². The van der Waals surface area contributed by atoms with Crippen LogP contribution in [0.4, 0.5) is 11.4 Å². The molecule has 23 heavy (non-hydrogen) atoms. The highest BCUT2D eigenvalue weighted by molar-refractivity contribution is 5.56. The molecule has 0 fully saturated rings. The minimum Gasteiger partial charge on any atom is -0.493 e. The lowest BCUT2D eigenvalue weighted by Gasteiger charge is -2.11. The van der Waals surface area contributed by atoms with E-state index in [1.807, 2.05) is 32.0 Å². The molecule has 2 aromatic rings. The number of aryl methyl sites for hydroxylation is 1. The Bertz CT molecular complexity index is 843. The first-order chi connectivity index (χ1) is 11.0. The first-order valence-corrected chi connectivity index (χ1v) is 7.34. The van der Waals surface area contributed by atoms with Crippen LogP contribution in [0.3, 0.4) is 0 Å². The van der Waals surface area contributed by atoms with E-state index in [1.54, 1.807) is 19.1 Å². The van der Waals surface area contributed by atoms with Gasteiger partial charge in [-0.2, -0.15) is 10.4 Å². The third-order valence-electron chi connectivity index (χ3n) is 3.52. The number of aromatic nitrogens is 1. The second-order valence-electron chi connectivity index (χ2n) is 5.28. The zero-order valence-electron chi connectivity index (χ0n) is 13.4. The van der Waals surface area contributed by atoms with E-state index in [4.69, 9.17) is 0 Å². The van der Waals surface area contributed by atoms with Gasteiger partial charge in [0, 0.05) is 12.1 Å². The molecular weight excluding hydrogens is 292 g/mol. The second kappa shape index (κ2) is 6.88. The minimum atomic E-state index is -0.447. The summed E-state index contributed by atoms with van der Waals surface area (Å²) in [4.78, 5) is 12.5. The lowest BCUT2D eigenvalue weighted by molar-refractivity contribution is 0.402. The molecule has 1 aromatic carbocycles. The number of nitriles is 1. The highest BCUT2D eigenvalue weighted by Gasteiger charge is 2.18. The number of hydrogen-bond acceptors (Lipinski definition) is 5. The van der Waals surface area contributed by atoms with Crippen molar-refractivity contribution in [3.63, 3.8) is 0 Å². The van der Waals surface area contributed by atoms with E-state index in [-0.39, 0.29) is 17.1 Å². The van der Waals surface area contributed by atoms with Gasteiger partial charge in [0.25, 0.3) is 5.56 Å². The van der Waals surface area contributed by atoms with Crippen LogP contribution in [-0.4, -0.2) is 9.67 Å². The molecule has 1 aromatic heterocycles. The maximum atomic E-state index is 12.5. The van der Waals surface area contributed by atoms with Gasteiger partial charge < -0.3 is 5.11 Å². The predicted octanol–water partition coefficient (Wildman–Crippen LogP) is 3.87. The zero-order valence-corrected chi connectivity index (χ0v) is 13.4. The normalized spacial score (nSPS) is 10.9. The molecule has 0 atom stereocenters. The molecule has 6 nitrogen and oxygen atoms in total. The van der Waals surface area contributed by atoms with Gasteiger partial charge in [-0.3, -0.25) is 9.36 Å². The van der Waals surface area contributed by atoms with Crippen molar-refractivity contribution in [2.24, 2.45) is 10.2 Å². The van der Waals surface area contributed by atoms with Gasteiger partial charge in [-0.25, -0.2) is 0 Å². The Balaban J connectivity index is 2.58. The maximum absolute atomic E-state index is 12.5. The van der Waals surface area contributed by atoms with E-state index in [0.29, 0.717) is 24.2 Å². The van der Waals surface area contributed by atoms with E-state index in [9.17, 15) is 15.2 Å². The van der Waals surface area contributed by atoms with Crippen molar-refractivity contribution in [2.45, 2.75) is 33.7 Å². The molecule has 0 unspecified atom stereocenters. The fourth-order valence-corrected chi connectivity index (χ4v) is 2.21. The van der Waals surface area contributed by atoms with Crippen LogP contribution in [0.2, 0.25) is 0 Å². The Hall–Kier alpha value is -2.94. The summed E-state index contributed by atoms with van der Waals surface area (Å²) in [7, 11) is 0. The summed E-state index contributed by atoms with van der Waals surface area (Å²) in [6, 6.07) is 9.31. The van der Waals surface area contributed by atoms with Gasteiger partial charge in [-0.15, -0.1) is 5.11 Å². The summed E-state index contributed by atoms with van der Waals surface area (Å²) in [5.41, 5.74) is 1.73. The van der Waals surface area contributed by atoms with Gasteiger partial charge in [0.05, 0.1) is 5.69 Å². The summed E-state index contributed by atoms with van der Waals surface area (Å²) in [6.45, 7) is 5.74. The molecule has 0 aliphatic rings. The molecule has 0 saturated carbocycles. The summed E-state index contributed by atoms with van der Waals surface area (Å²) >= 11 is 0. The molecule has 0 saturated heterocycles. The largest absolute Gasteiger partial charge is 0.493 e. The lowest BCUT2D eigenvalue weighted by atomic mass is 10.1. The van der Waals surface area contributed by atoms with Gasteiger partial charge in [-0.05, 0) is 32.4 Å². The SMILES string of the molecule is CCCn1c(O)c(C#N)c(C)c(N=Nc2ccc(C)cc2)c1=O. The zero-order chi connectivity index (χ0) is 17.0. The summed E-state index contributed by atoms with van der Waals surface area (Å²) in [6.07, 6.45) is 0.649. The number of azo groups is 1. The quantitative estimate of drug-likeness (QED) is 0.869. The number of nitrogens with zero attached hydrogens (tertiary/aromatic N) is 4. The van der Waals surface area contributed by atoms with Crippen LogP contribution >= 0.6 is 0 Å². The summed E-state index contributed by atoms with van der Waals surface area (Å²) in [5, 5.41) is 27.4. The highest BCUT2D eigenvalue weighted by atomic mass is 16.3. The van der Waals surface area contributed by atoms with Crippen molar-refractivity contribution in [1.82, 2.24) is 4.57 Å². The van der Waals surface area contributed by atoms with Crippen LogP contribution in [0.15, 0.2) is 39.3 Å². The number of aromatic hydroxyl groups is 1. The average molecular weight is 310 g/mol. The van der Waals surface area contributed by atoms with Crippen molar-refractivity contribution in [3.05, 3.63) is 51.3 Å². The molecule has 0 aliphatic heterocycles. The Morgan fingerprint density at radius 2 is 1.87 bits per heavy atom. The second-order valence-corrected chi connectivity index (χ2v) is 5.28.